The van der Waals surface area contributed by atoms with E-state index < -0.39 is 29.0 Å². The van der Waals surface area contributed by atoms with Gasteiger partial charge in [-0.3, -0.25) is 14.5 Å². The van der Waals surface area contributed by atoms with Crippen molar-refractivity contribution in [1.82, 2.24) is 14.7 Å². The van der Waals surface area contributed by atoms with Gasteiger partial charge in [0.1, 0.15) is 0 Å². The molecule has 188 valence electrons. The first-order chi connectivity index (χ1) is 16.4. The van der Waals surface area contributed by atoms with Gasteiger partial charge in [-0.2, -0.15) is 18.3 Å². The van der Waals surface area contributed by atoms with Crippen molar-refractivity contribution in [3.63, 3.8) is 0 Å². The Morgan fingerprint density at radius 3 is 2.57 bits per heavy atom. The molecule has 2 heterocycles. The van der Waals surface area contributed by atoms with Crippen LogP contribution in [0.15, 0.2) is 30.9 Å². The first-order valence-corrected chi connectivity index (χ1v) is 11.7. The average molecular weight is 490 g/mol. The molecule has 1 saturated heterocycles. The molecule has 1 amide bonds. The zero-order valence-electron chi connectivity index (χ0n) is 19.9. The van der Waals surface area contributed by atoms with Crippen molar-refractivity contribution in [2.75, 3.05) is 25.0 Å². The first kappa shape index (κ1) is 25.0. The number of anilines is 1. The quantitative estimate of drug-likeness (QED) is 0.593. The van der Waals surface area contributed by atoms with Crippen molar-refractivity contribution in [2.24, 2.45) is 11.1 Å². The van der Waals surface area contributed by atoms with Crippen molar-refractivity contribution in [3.05, 3.63) is 53.4 Å². The van der Waals surface area contributed by atoms with E-state index in [1.165, 1.54) is 16.8 Å². The number of likely N-dealkylation sites (tertiary alicyclic amines) is 1. The molecule has 0 radical (unpaired) electrons. The molecule has 2 aromatic rings. The van der Waals surface area contributed by atoms with Gasteiger partial charge in [-0.25, -0.2) is 4.68 Å². The van der Waals surface area contributed by atoms with E-state index in [9.17, 15) is 22.8 Å². The molecule has 7 nitrogen and oxygen atoms in total. The van der Waals surface area contributed by atoms with Crippen molar-refractivity contribution < 1.29 is 22.8 Å². The molecule has 1 aliphatic carbocycles. The third-order valence-corrected chi connectivity index (χ3v) is 6.66. The van der Waals surface area contributed by atoms with Crippen LogP contribution in [0.3, 0.4) is 0 Å². The highest BCUT2D eigenvalue weighted by Gasteiger charge is 2.45. The summed E-state index contributed by atoms with van der Waals surface area (Å²) in [7, 11) is 0. The van der Waals surface area contributed by atoms with Crippen LogP contribution in [0.1, 0.15) is 65.2 Å². The zero-order valence-corrected chi connectivity index (χ0v) is 19.9. The molecule has 1 fully saturated rings. The number of Topliss-reactive ketones (excluding diaryl/α,β-unsaturated/α-hetero) is 1. The maximum absolute atomic E-state index is 13.8. The number of ketones is 1. The molecule has 10 heteroatoms. The Kier molecular flexibility index (Phi) is 6.52. The third-order valence-electron chi connectivity index (χ3n) is 6.66. The largest absolute Gasteiger partial charge is 0.435 e. The minimum absolute atomic E-state index is 0.0206. The predicted octanol–water partition coefficient (Wildman–Crippen LogP) is 4.21. The van der Waals surface area contributed by atoms with Crippen LogP contribution in [0.25, 0.3) is 5.69 Å². The SMILES string of the molecule is C=CCN1CCC(Nc2cc(-n3nc(C(F)(F)F)c4c3CC(C)(C)CC4=O)ccc2C(N)=O)CC1. The van der Waals surface area contributed by atoms with E-state index in [4.69, 9.17) is 5.73 Å². The highest BCUT2D eigenvalue weighted by atomic mass is 19.4. The van der Waals surface area contributed by atoms with E-state index >= 15 is 0 Å². The lowest BCUT2D eigenvalue weighted by atomic mass is 9.75. The molecule has 0 bridgehead atoms. The highest BCUT2D eigenvalue weighted by Crippen LogP contribution is 2.42. The molecule has 0 spiro atoms. The Balaban J connectivity index is 1.74. The van der Waals surface area contributed by atoms with Crippen molar-refractivity contribution >= 4 is 17.4 Å². The molecule has 1 aromatic heterocycles. The lowest BCUT2D eigenvalue weighted by Crippen LogP contribution is -2.39. The minimum atomic E-state index is -4.76. The van der Waals surface area contributed by atoms with Crippen molar-refractivity contribution in [3.8, 4) is 5.69 Å². The molecule has 0 unspecified atom stereocenters. The number of alkyl halides is 3. The molecular weight excluding hydrogens is 459 g/mol. The fourth-order valence-corrected chi connectivity index (χ4v) is 5.02. The first-order valence-electron chi connectivity index (χ1n) is 11.7. The second kappa shape index (κ2) is 9.14. The molecular formula is C25H30F3N5O2. The van der Waals surface area contributed by atoms with Crippen LogP contribution in [-0.2, 0) is 12.6 Å². The Hall–Kier alpha value is -3.14. The second-order valence-corrected chi connectivity index (χ2v) is 10.1. The molecule has 1 aromatic carbocycles. The van der Waals surface area contributed by atoms with Gasteiger partial charge in [0.05, 0.1) is 22.5 Å². The van der Waals surface area contributed by atoms with Gasteiger partial charge in [-0.15, -0.1) is 6.58 Å². The van der Waals surface area contributed by atoms with Crippen LogP contribution in [0, 0.1) is 5.41 Å². The van der Waals surface area contributed by atoms with E-state index in [0.29, 0.717) is 11.4 Å². The van der Waals surface area contributed by atoms with Crippen LogP contribution < -0.4 is 11.1 Å². The number of hydrogen-bond donors (Lipinski definition) is 2. The number of rotatable bonds is 6. The molecule has 3 N–H and O–H groups in total. The number of nitrogens with zero attached hydrogens (tertiary/aromatic N) is 3. The summed E-state index contributed by atoms with van der Waals surface area (Å²) in [5.74, 6) is -1.20. The fraction of sp³-hybridized carbons (Fsp3) is 0.480. The summed E-state index contributed by atoms with van der Waals surface area (Å²) in [6, 6.07) is 4.67. The summed E-state index contributed by atoms with van der Waals surface area (Å²) in [5, 5.41) is 7.22. The predicted molar refractivity (Wildman–Crippen MR) is 127 cm³/mol. The number of hydrogen-bond acceptors (Lipinski definition) is 5. The molecule has 35 heavy (non-hydrogen) atoms. The third kappa shape index (κ3) is 5.12. The molecule has 2 aliphatic rings. The molecule has 0 atom stereocenters. The maximum Gasteiger partial charge on any atom is 0.435 e. The molecule has 1 aliphatic heterocycles. The normalized spacial score (nSPS) is 18.8. The number of primary amides is 1. The lowest BCUT2D eigenvalue weighted by Gasteiger charge is -2.32. The van der Waals surface area contributed by atoms with Gasteiger partial charge in [-0.05, 0) is 42.9 Å². The summed E-state index contributed by atoms with van der Waals surface area (Å²) in [6.45, 7) is 9.97. The summed E-state index contributed by atoms with van der Waals surface area (Å²) in [5.41, 5.74) is 4.80. The van der Waals surface area contributed by atoms with E-state index in [0.717, 1.165) is 32.5 Å². The Morgan fingerprint density at radius 2 is 1.97 bits per heavy atom. The Labute approximate surface area is 202 Å². The zero-order chi connectivity index (χ0) is 25.5. The smallest absolute Gasteiger partial charge is 0.382 e. The second-order valence-electron chi connectivity index (χ2n) is 10.1. The monoisotopic (exact) mass is 489 g/mol. The highest BCUT2D eigenvalue weighted by molar-refractivity contribution is 6.00. The maximum atomic E-state index is 13.8. The van der Waals surface area contributed by atoms with Gasteiger partial charge in [0.2, 0.25) is 0 Å². The lowest BCUT2D eigenvalue weighted by molar-refractivity contribution is -0.141. The number of carbonyl (C=O) groups excluding carboxylic acids is 2. The van der Waals surface area contributed by atoms with E-state index in [-0.39, 0.29) is 35.7 Å². The number of amides is 1. The number of piperidine rings is 1. The topological polar surface area (TPSA) is 93.2 Å². The number of carbonyl (C=O) groups is 2. The summed E-state index contributed by atoms with van der Waals surface area (Å²) in [4.78, 5) is 27.1. The van der Waals surface area contributed by atoms with Crippen LogP contribution in [0.5, 0.6) is 0 Å². The van der Waals surface area contributed by atoms with Gasteiger partial charge in [0.25, 0.3) is 5.91 Å². The van der Waals surface area contributed by atoms with Crippen molar-refractivity contribution in [1.29, 1.82) is 0 Å². The minimum Gasteiger partial charge on any atom is -0.382 e. The van der Waals surface area contributed by atoms with Crippen LogP contribution in [0.2, 0.25) is 0 Å². The number of halogens is 3. The average Bonchev–Trinajstić information content (AvgIpc) is 3.14. The van der Waals surface area contributed by atoms with Crippen molar-refractivity contribution in [2.45, 2.75) is 51.7 Å². The standard InChI is InChI=1S/C25H30F3N5O2/c1-4-9-32-10-7-15(8-11-32)30-18-12-16(5-6-17(18)23(29)35)33-19-13-24(2,3)14-20(34)21(19)22(31-33)25(26,27)28/h4-6,12,15,30H,1,7-11,13-14H2,2-3H3,(H2,29,35). The molecule has 0 saturated carbocycles. The number of nitrogens with two attached hydrogens (primary N) is 1. The summed E-state index contributed by atoms with van der Waals surface area (Å²) in [6.07, 6.45) is -0.969. The van der Waals surface area contributed by atoms with E-state index in [1.807, 2.05) is 19.9 Å². The van der Waals surface area contributed by atoms with Gasteiger partial charge < -0.3 is 11.1 Å². The number of fused-ring (bicyclic) bond motifs is 1. The van der Waals surface area contributed by atoms with Crippen LogP contribution >= 0.6 is 0 Å². The van der Waals surface area contributed by atoms with Gasteiger partial charge in [-0.1, -0.05) is 19.9 Å². The fourth-order valence-electron chi connectivity index (χ4n) is 5.02. The van der Waals surface area contributed by atoms with Gasteiger partial charge >= 0.3 is 6.18 Å². The number of nitrogens with one attached hydrogen (secondary N) is 1. The molecule has 4 rings (SSSR count). The summed E-state index contributed by atoms with van der Waals surface area (Å²) < 4.78 is 42.6. The van der Waals surface area contributed by atoms with Gasteiger partial charge in [0, 0.05) is 37.8 Å². The van der Waals surface area contributed by atoms with Gasteiger partial charge in [0.15, 0.2) is 11.5 Å². The number of benzene rings is 1. The van der Waals surface area contributed by atoms with Crippen LogP contribution in [0.4, 0.5) is 18.9 Å². The van der Waals surface area contributed by atoms with Crippen LogP contribution in [-0.4, -0.2) is 52.0 Å². The van der Waals surface area contributed by atoms with E-state index in [1.54, 1.807) is 6.07 Å². The Morgan fingerprint density at radius 1 is 1.29 bits per heavy atom. The number of aromatic nitrogens is 2. The Bertz CT molecular complexity index is 1160. The summed E-state index contributed by atoms with van der Waals surface area (Å²) >= 11 is 0. The van der Waals surface area contributed by atoms with E-state index in [2.05, 4.69) is 21.9 Å².